The zero-order chi connectivity index (χ0) is 17.5. The number of aromatic nitrogens is 1. The second-order valence-corrected chi connectivity index (χ2v) is 5.81. The van der Waals surface area contributed by atoms with E-state index in [2.05, 4.69) is 15.6 Å². The van der Waals surface area contributed by atoms with Crippen LogP contribution in [0, 0.1) is 12.7 Å². The number of anilines is 1. The van der Waals surface area contributed by atoms with Crippen LogP contribution in [-0.2, 0) is 4.79 Å². The quantitative estimate of drug-likeness (QED) is 0.765. The van der Waals surface area contributed by atoms with Crippen molar-refractivity contribution in [1.82, 2.24) is 15.2 Å². The number of nitrogens with zero attached hydrogens (tertiary/aromatic N) is 2. The molecule has 5 nitrogen and oxygen atoms in total. The topological polar surface area (TPSA) is 57.3 Å². The lowest BCUT2D eigenvalue weighted by Gasteiger charge is -2.24. The molecule has 0 aliphatic carbocycles. The smallest absolute Gasteiger partial charge is 0.242 e. The first-order valence-corrected chi connectivity index (χ1v) is 7.84. The van der Waals surface area contributed by atoms with Crippen molar-refractivity contribution in [2.75, 3.05) is 32.5 Å². The summed E-state index contributed by atoms with van der Waals surface area (Å²) in [5, 5.41) is 6.06. The van der Waals surface area contributed by atoms with Gasteiger partial charge in [-0.05, 0) is 50.3 Å². The third-order valence-electron chi connectivity index (χ3n) is 3.66. The Bertz CT molecular complexity index is 690. The van der Waals surface area contributed by atoms with Gasteiger partial charge in [-0.2, -0.15) is 0 Å². The third-order valence-corrected chi connectivity index (χ3v) is 3.66. The van der Waals surface area contributed by atoms with E-state index in [1.54, 1.807) is 37.3 Å². The van der Waals surface area contributed by atoms with Crippen molar-refractivity contribution >= 4 is 11.7 Å². The minimum absolute atomic E-state index is 0.162. The van der Waals surface area contributed by atoms with Crippen LogP contribution in [0.4, 0.5) is 10.2 Å². The Labute approximate surface area is 141 Å². The number of pyridine rings is 1. The van der Waals surface area contributed by atoms with Gasteiger partial charge < -0.3 is 10.6 Å². The van der Waals surface area contributed by atoms with Gasteiger partial charge in [0.1, 0.15) is 17.7 Å². The van der Waals surface area contributed by atoms with Crippen molar-refractivity contribution in [2.45, 2.75) is 13.0 Å². The summed E-state index contributed by atoms with van der Waals surface area (Å²) in [6, 6.07) is 9.44. The number of nitrogens with one attached hydrogen (secondary N) is 2. The minimum atomic E-state index is -0.530. The van der Waals surface area contributed by atoms with E-state index >= 15 is 0 Å². The van der Waals surface area contributed by atoms with Gasteiger partial charge in [-0.15, -0.1) is 0 Å². The van der Waals surface area contributed by atoms with Crippen LogP contribution < -0.4 is 10.6 Å². The summed E-state index contributed by atoms with van der Waals surface area (Å²) in [6.45, 7) is 2.99. The molecule has 2 rings (SSSR count). The maximum Gasteiger partial charge on any atom is 0.242 e. The average Bonchev–Trinajstić information content (AvgIpc) is 2.53. The van der Waals surface area contributed by atoms with E-state index < -0.39 is 6.04 Å². The standard InChI is InChI=1S/C18H23FN4O/c1-13-6-5-9-20-17(13)21-10-11-22-18(24)16(23(2)3)14-7-4-8-15(19)12-14/h4-9,12,16H,10-11H2,1-3H3,(H,20,21)(H,22,24)/t16-/m1/s1. The summed E-state index contributed by atoms with van der Waals surface area (Å²) in [5.41, 5.74) is 1.68. The van der Waals surface area contributed by atoms with E-state index in [-0.39, 0.29) is 11.7 Å². The number of halogens is 1. The molecule has 0 bridgehead atoms. The summed E-state index contributed by atoms with van der Waals surface area (Å²) >= 11 is 0. The largest absolute Gasteiger partial charge is 0.368 e. The lowest BCUT2D eigenvalue weighted by atomic mass is 10.1. The fourth-order valence-corrected chi connectivity index (χ4v) is 2.49. The number of amides is 1. The molecule has 1 aromatic carbocycles. The van der Waals surface area contributed by atoms with Crippen LogP contribution in [0.2, 0.25) is 0 Å². The lowest BCUT2D eigenvalue weighted by molar-refractivity contribution is -0.125. The second kappa shape index (κ2) is 8.40. The molecule has 1 aromatic heterocycles. The molecular formula is C18H23FN4O. The van der Waals surface area contributed by atoms with Crippen LogP contribution in [0.1, 0.15) is 17.2 Å². The Kier molecular flexibility index (Phi) is 6.26. The molecule has 1 atom stereocenters. The number of carbonyl (C=O) groups is 1. The molecule has 0 saturated heterocycles. The highest BCUT2D eigenvalue weighted by molar-refractivity contribution is 5.83. The minimum Gasteiger partial charge on any atom is -0.368 e. The summed E-state index contributed by atoms with van der Waals surface area (Å²) in [6.07, 6.45) is 1.72. The highest BCUT2D eigenvalue weighted by Gasteiger charge is 2.22. The number of likely N-dealkylation sites (N-methyl/N-ethyl adjacent to an activating group) is 1. The first-order chi connectivity index (χ1) is 11.5. The summed E-state index contributed by atoms with van der Waals surface area (Å²) in [4.78, 5) is 18.5. The fourth-order valence-electron chi connectivity index (χ4n) is 2.49. The van der Waals surface area contributed by atoms with Gasteiger partial charge in [0, 0.05) is 19.3 Å². The van der Waals surface area contributed by atoms with Crippen LogP contribution in [0.5, 0.6) is 0 Å². The van der Waals surface area contributed by atoms with Gasteiger partial charge in [-0.3, -0.25) is 9.69 Å². The Morgan fingerprint density at radius 3 is 2.71 bits per heavy atom. The first-order valence-electron chi connectivity index (χ1n) is 7.84. The zero-order valence-electron chi connectivity index (χ0n) is 14.2. The van der Waals surface area contributed by atoms with E-state index in [4.69, 9.17) is 0 Å². The molecule has 24 heavy (non-hydrogen) atoms. The fraction of sp³-hybridized carbons (Fsp3) is 0.333. The van der Waals surface area contributed by atoms with Gasteiger partial charge in [-0.25, -0.2) is 9.37 Å². The summed E-state index contributed by atoms with van der Waals surface area (Å²) < 4.78 is 13.4. The van der Waals surface area contributed by atoms with Gasteiger partial charge in [0.25, 0.3) is 0 Å². The number of hydrogen-bond donors (Lipinski definition) is 2. The number of carbonyl (C=O) groups excluding carboxylic acids is 1. The van der Waals surface area contributed by atoms with Crippen LogP contribution in [0.3, 0.4) is 0 Å². The molecule has 1 amide bonds. The number of rotatable bonds is 7. The van der Waals surface area contributed by atoms with Crippen LogP contribution >= 0.6 is 0 Å². The van der Waals surface area contributed by atoms with Crippen molar-refractivity contribution in [1.29, 1.82) is 0 Å². The molecule has 0 aliphatic heterocycles. The van der Waals surface area contributed by atoms with Crippen molar-refractivity contribution in [2.24, 2.45) is 0 Å². The number of aryl methyl sites for hydroxylation is 1. The zero-order valence-corrected chi connectivity index (χ0v) is 14.2. The van der Waals surface area contributed by atoms with Gasteiger partial charge in [0.05, 0.1) is 0 Å². The third kappa shape index (κ3) is 4.76. The number of benzene rings is 1. The molecule has 0 unspecified atom stereocenters. The van der Waals surface area contributed by atoms with Crippen molar-refractivity contribution < 1.29 is 9.18 Å². The van der Waals surface area contributed by atoms with Gasteiger partial charge in [-0.1, -0.05) is 18.2 Å². The highest BCUT2D eigenvalue weighted by atomic mass is 19.1. The lowest BCUT2D eigenvalue weighted by Crippen LogP contribution is -2.39. The molecule has 0 radical (unpaired) electrons. The molecule has 6 heteroatoms. The Hall–Kier alpha value is -2.47. The predicted molar refractivity (Wildman–Crippen MR) is 93.3 cm³/mol. The highest BCUT2D eigenvalue weighted by Crippen LogP contribution is 2.19. The molecule has 2 aromatic rings. The van der Waals surface area contributed by atoms with Crippen LogP contribution in [0.15, 0.2) is 42.6 Å². The summed E-state index contributed by atoms with van der Waals surface area (Å²) in [7, 11) is 3.59. The maximum absolute atomic E-state index is 13.4. The van der Waals surface area contributed by atoms with Gasteiger partial charge >= 0.3 is 0 Å². The van der Waals surface area contributed by atoms with Crippen molar-refractivity contribution in [3.05, 3.63) is 59.5 Å². The molecule has 0 spiro atoms. The molecule has 0 saturated carbocycles. The van der Waals surface area contributed by atoms with Gasteiger partial charge in [0.2, 0.25) is 5.91 Å². The SMILES string of the molecule is Cc1cccnc1NCCNC(=O)[C@@H](c1cccc(F)c1)N(C)C. The van der Waals surface area contributed by atoms with Crippen LogP contribution in [-0.4, -0.2) is 43.0 Å². The average molecular weight is 330 g/mol. The maximum atomic E-state index is 13.4. The van der Waals surface area contributed by atoms with Gasteiger partial charge in [0.15, 0.2) is 0 Å². The molecule has 0 fully saturated rings. The molecular weight excluding hydrogens is 307 g/mol. The number of hydrogen-bond acceptors (Lipinski definition) is 4. The molecule has 1 heterocycles. The first kappa shape index (κ1) is 17.9. The Morgan fingerprint density at radius 2 is 2.04 bits per heavy atom. The van der Waals surface area contributed by atoms with E-state index in [1.807, 2.05) is 19.1 Å². The second-order valence-electron chi connectivity index (χ2n) is 5.81. The molecule has 128 valence electrons. The van der Waals surface area contributed by atoms with Crippen LogP contribution in [0.25, 0.3) is 0 Å². The molecule has 0 aliphatic rings. The van der Waals surface area contributed by atoms with E-state index in [0.717, 1.165) is 11.4 Å². The van der Waals surface area contributed by atoms with E-state index in [9.17, 15) is 9.18 Å². The Morgan fingerprint density at radius 1 is 1.25 bits per heavy atom. The van der Waals surface area contributed by atoms with Crippen molar-refractivity contribution in [3.8, 4) is 0 Å². The molecule has 2 N–H and O–H groups in total. The van der Waals surface area contributed by atoms with Crippen molar-refractivity contribution in [3.63, 3.8) is 0 Å². The normalized spacial score (nSPS) is 12.0. The Balaban J connectivity index is 1.91. The van der Waals surface area contributed by atoms with E-state index in [0.29, 0.717) is 18.7 Å². The predicted octanol–water partition coefficient (Wildman–Crippen LogP) is 2.36. The van der Waals surface area contributed by atoms with E-state index in [1.165, 1.54) is 12.1 Å². The monoisotopic (exact) mass is 330 g/mol. The summed E-state index contributed by atoms with van der Waals surface area (Å²) in [5.74, 6) is 0.297.